The lowest BCUT2D eigenvalue weighted by molar-refractivity contribution is -0.114. The van der Waals surface area contributed by atoms with Crippen LogP contribution in [0.15, 0.2) is 79.4 Å². The zero-order chi connectivity index (χ0) is 20.2. The lowest BCUT2D eigenvalue weighted by Crippen LogP contribution is -2.13. The topological polar surface area (TPSA) is 93.8 Å². The van der Waals surface area contributed by atoms with Crippen LogP contribution in [-0.2, 0) is 4.79 Å². The Hall–Kier alpha value is -4.20. The van der Waals surface area contributed by atoms with Crippen molar-refractivity contribution in [1.82, 2.24) is 19.3 Å². The van der Waals surface area contributed by atoms with Gasteiger partial charge in [0.05, 0.1) is 12.0 Å². The maximum absolute atomic E-state index is 12.7. The molecule has 0 spiro atoms. The predicted octanol–water partition coefficient (Wildman–Crippen LogP) is 3.27. The van der Waals surface area contributed by atoms with Gasteiger partial charge in [0.2, 0.25) is 5.91 Å². The van der Waals surface area contributed by atoms with E-state index in [-0.39, 0.29) is 17.5 Å². The van der Waals surface area contributed by atoms with Crippen LogP contribution in [0.2, 0.25) is 0 Å². The fraction of sp³-hybridized carbons (Fsp3) is 0.0476. The van der Waals surface area contributed by atoms with Crippen LogP contribution >= 0.6 is 0 Å². The largest absolute Gasteiger partial charge is 0.321 e. The number of anilines is 2. The minimum absolute atomic E-state index is 0.191. The van der Waals surface area contributed by atoms with Gasteiger partial charge in [-0.05, 0) is 36.4 Å². The number of nitrogens with one attached hydrogen (secondary N) is 2. The molecule has 2 aromatic heterocycles. The van der Waals surface area contributed by atoms with Gasteiger partial charge in [0.25, 0.3) is 5.91 Å². The summed E-state index contributed by atoms with van der Waals surface area (Å²) in [5.74, 6) is -0.199. The van der Waals surface area contributed by atoms with Crippen molar-refractivity contribution in [2.75, 3.05) is 10.6 Å². The Morgan fingerprint density at radius 2 is 1.69 bits per heavy atom. The highest BCUT2D eigenvalue weighted by Crippen LogP contribution is 2.19. The number of benzene rings is 2. The maximum Gasteiger partial charge on any atom is 0.276 e. The Morgan fingerprint density at radius 1 is 0.931 bits per heavy atom. The van der Waals surface area contributed by atoms with E-state index < -0.39 is 0 Å². The molecule has 0 saturated carbocycles. The van der Waals surface area contributed by atoms with Gasteiger partial charge < -0.3 is 15.2 Å². The second-order valence-corrected chi connectivity index (χ2v) is 6.31. The molecule has 2 N–H and O–H groups in total. The van der Waals surface area contributed by atoms with Gasteiger partial charge in [0.15, 0.2) is 5.69 Å². The van der Waals surface area contributed by atoms with E-state index in [0.29, 0.717) is 11.5 Å². The van der Waals surface area contributed by atoms with Crippen LogP contribution in [0.4, 0.5) is 11.5 Å². The van der Waals surface area contributed by atoms with Crippen molar-refractivity contribution >= 4 is 23.3 Å². The molecule has 0 fully saturated rings. The van der Waals surface area contributed by atoms with Crippen LogP contribution in [0.5, 0.6) is 0 Å². The average molecular weight is 386 g/mol. The molecular formula is C21H18N6O2. The molecule has 0 unspecified atom stereocenters. The quantitative estimate of drug-likeness (QED) is 0.550. The van der Waals surface area contributed by atoms with E-state index in [2.05, 4.69) is 20.7 Å². The molecule has 2 heterocycles. The van der Waals surface area contributed by atoms with Crippen molar-refractivity contribution in [3.8, 4) is 11.4 Å². The molecule has 8 nitrogen and oxygen atoms in total. The summed E-state index contributed by atoms with van der Waals surface area (Å²) in [7, 11) is 0. The van der Waals surface area contributed by atoms with Crippen molar-refractivity contribution in [3.05, 3.63) is 85.1 Å². The van der Waals surface area contributed by atoms with E-state index in [1.54, 1.807) is 30.7 Å². The molecule has 0 aliphatic heterocycles. The van der Waals surface area contributed by atoms with Crippen molar-refractivity contribution in [2.45, 2.75) is 6.92 Å². The van der Waals surface area contributed by atoms with Crippen LogP contribution in [0.25, 0.3) is 11.4 Å². The Labute approximate surface area is 166 Å². The molecule has 4 rings (SSSR count). The van der Waals surface area contributed by atoms with Crippen LogP contribution in [-0.4, -0.2) is 31.1 Å². The lowest BCUT2D eigenvalue weighted by atomic mass is 10.2. The highest BCUT2D eigenvalue weighted by Gasteiger charge is 2.16. The summed E-state index contributed by atoms with van der Waals surface area (Å²) in [5.41, 5.74) is 2.49. The summed E-state index contributed by atoms with van der Waals surface area (Å²) in [6.45, 7) is 1.41. The van der Waals surface area contributed by atoms with Gasteiger partial charge in [-0.3, -0.25) is 9.59 Å². The highest BCUT2D eigenvalue weighted by atomic mass is 16.2. The molecule has 0 saturated heterocycles. The standard InChI is InChI=1S/C21H18N6O2/c1-15(28)23-20-13-19(25-27(20)18-5-3-2-4-6-18)21(29)24-16-7-9-17(10-8-16)26-12-11-22-14-26/h2-14H,1H3,(H,23,28)(H,24,29). The van der Waals surface area contributed by atoms with Crippen LogP contribution in [0.1, 0.15) is 17.4 Å². The molecule has 8 heteroatoms. The van der Waals surface area contributed by atoms with E-state index >= 15 is 0 Å². The zero-order valence-electron chi connectivity index (χ0n) is 15.6. The van der Waals surface area contributed by atoms with Crippen molar-refractivity contribution < 1.29 is 9.59 Å². The monoisotopic (exact) mass is 386 g/mol. The van der Waals surface area contributed by atoms with Crippen molar-refractivity contribution in [1.29, 1.82) is 0 Å². The molecule has 0 atom stereocenters. The van der Waals surface area contributed by atoms with Crippen LogP contribution in [0.3, 0.4) is 0 Å². The molecule has 0 radical (unpaired) electrons. The first-order valence-corrected chi connectivity index (χ1v) is 8.93. The van der Waals surface area contributed by atoms with Gasteiger partial charge in [-0.2, -0.15) is 5.10 Å². The van der Waals surface area contributed by atoms with E-state index in [1.807, 2.05) is 53.2 Å². The molecule has 29 heavy (non-hydrogen) atoms. The third kappa shape index (κ3) is 4.06. The van der Waals surface area contributed by atoms with E-state index in [0.717, 1.165) is 11.4 Å². The lowest BCUT2D eigenvalue weighted by Gasteiger charge is -2.07. The SMILES string of the molecule is CC(=O)Nc1cc(C(=O)Nc2ccc(-n3ccnc3)cc2)nn1-c1ccccc1. The molecule has 2 aromatic carbocycles. The number of amides is 2. The van der Waals surface area contributed by atoms with Crippen LogP contribution in [0, 0.1) is 0 Å². The van der Waals surface area contributed by atoms with E-state index in [4.69, 9.17) is 0 Å². The van der Waals surface area contributed by atoms with Gasteiger partial charge in [0.1, 0.15) is 5.82 Å². The third-order valence-corrected chi connectivity index (χ3v) is 4.17. The number of hydrogen-bond donors (Lipinski definition) is 2. The Kier molecular flexibility index (Phi) is 4.90. The molecule has 2 amide bonds. The maximum atomic E-state index is 12.7. The smallest absolute Gasteiger partial charge is 0.276 e. The average Bonchev–Trinajstić information content (AvgIpc) is 3.39. The zero-order valence-corrected chi connectivity index (χ0v) is 15.6. The van der Waals surface area contributed by atoms with Gasteiger partial charge in [-0.1, -0.05) is 18.2 Å². The molecule has 144 valence electrons. The first-order valence-electron chi connectivity index (χ1n) is 8.93. The Bertz CT molecular complexity index is 1130. The van der Waals surface area contributed by atoms with E-state index in [1.165, 1.54) is 11.6 Å². The fourth-order valence-corrected chi connectivity index (χ4v) is 2.85. The number of nitrogens with zero attached hydrogens (tertiary/aromatic N) is 4. The number of hydrogen-bond acceptors (Lipinski definition) is 4. The van der Waals surface area contributed by atoms with Gasteiger partial charge in [-0.15, -0.1) is 0 Å². The van der Waals surface area contributed by atoms with Gasteiger partial charge in [-0.25, -0.2) is 9.67 Å². The third-order valence-electron chi connectivity index (χ3n) is 4.17. The molecule has 0 aliphatic carbocycles. The minimum atomic E-state index is -0.373. The first-order chi connectivity index (χ1) is 14.1. The highest BCUT2D eigenvalue weighted by molar-refractivity contribution is 6.04. The Balaban J connectivity index is 1.57. The number of carbonyl (C=O) groups is 2. The number of rotatable bonds is 5. The number of carbonyl (C=O) groups excluding carboxylic acids is 2. The summed E-state index contributed by atoms with van der Waals surface area (Å²) in [5, 5.41) is 9.90. The molecule has 4 aromatic rings. The molecular weight excluding hydrogens is 368 g/mol. The Morgan fingerprint density at radius 3 is 2.34 bits per heavy atom. The number of para-hydroxylation sites is 1. The number of aromatic nitrogens is 4. The summed E-state index contributed by atoms with van der Waals surface area (Å²) < 4.78 is 3.39. The minimum Gasteiger partial charge on any atom is -0.321 e. The second-order valence-electron chi connectivity index (χ2n) is 6.31. The van der Waals surface area contributed by atoms with Crippen molar-refractivity contribution in [2.24, 2.45) is 0 Å². The fourth-order valence-electron chi connectivity index (χ4n) is 2.85. The normalized spacial score (nSPS) is 10.5. The molecule has 0 aliphatic rings. The van der Waals surface area contributed by atoms with Crippen molar-refractivity contribution in [3.63, 3.8) is 0 Å². The molecule has 0 bridgehead atoms. The van der Waals surface area contributed by atoms with Crippen LogP contribution < -0.4 is 10.6 Å². The number of imidazole rings is 1. The second kappa shape index (κ2) is 7.81. The predicted molar refractivity (Wildman–Crippen MR) is 109 cm³/mol. The van der Waals surface area contributed by atoms with Gasteiger partial charge in [0, 0.05) is 36.8 Å². The summed E-state index contributed by atoms with van der Waals surface area (Å²) in [6, 6.07) is 18.2. The van der Waals surface area contributed by atoms with E-state index in [9.17, 15) is 9.59 Å². The first kappa shape index (κ1) is 18.2. The summed E-state index contributed by atoms with van der Waals surface area (Å²) in [6.07, 6.45) is 5.24. The van der Waals surface area contributed by atoms with Gasteiger partial charge >= 0.3 is 0 Å². The summed E-state index contributed by atoms with van der Waals surface area (Å²) in [4.78, 5) is 28.3. The summed E-state index contributed by atoms with van der Waals surface area (Å²) >= 11 is 0.